The quantitative estimate of drug-likeness (QED) is 0.566. The lowest BCUT2D eigenvalue weighted by Crippen LogP contribution is -2.50. The van der Waals surface area contributed by atoms with E-state index in [0.717, 1.165) is 10.5 Å². The third kappa shape index (κ3) is 7.20. The number of aliphatic hydroxyl groups is 1. The molecule has 2 aromatic rings. The van der Waals surface area contributed by atoms with E-state index in [9.17, 15) is 24.6 Å². The monoisotopic (exact) mass is 440 g/mol. The number of aliphatic carboxylic acids is 1. The third-order valence-electron chi connectivity index (χ3n) is 5.10. The Kier molecular flexibility index (Phi) is 8.55. The molecular weight excluding hydrogens is 408 g/mol. The summed E-state index contributed by atoms with van der Waals surface area (Å²) in [5.41, 5.74) is 0.990. The Morgan fingerprint density at radius 1 is 0.969 bits per heavy atom. The summed E-state index contributed by atoms with van der Waals surface area (Å²) in [6.45, 7) is 7.55. The Hall–Kier alpha value is -3.19. The molecule has 0 aromatic heterocycles. The fourth-order valence-corrected chi connectivity index (χ4v) is 3.47. The molecule has 0 aliphatic heterocycles. The average Bonchev–Trinajstić information content (AvgIpc) is 2.75. The molecule has 172 valence electrons. The molecule has 0 heterocycles. The molecule has 0 saturated carbocycles. The highest BCUT2D eigenvalue weighted by molar-refractivity contribution is 6.03. The van der Waals surface area contributed by atoms with E-state index in [2.05, 4.69) is 5.32 Å². The predicted molar refractivity (Wildman–Crippen MR) is 123 cm³/mol. The first kappa shape index (κ1) is 25.1. The van der Waals surface area contributed by atoms with Crippen LogP contribution < -0.4 is 5.32 Å². The lowest BCUT2D eigenvalue weighted by Gasteiger charge is -2.33. The van der Waals surface area contributed by atoms with E-state index in [-0.39, 0.29) is 18.9 Å². The van der Waals surface area contributed by atoms with Crippen LogP contribution in [0.1, 0.15) is 45.6 Å². The number of imide groups is 1. The van der Waals surface area contributed by atoms with E-state index in [4.69, 9.17) is 0 Å². The van der Waals surface area contributed by atoms with Gasteiger partial charge in [-0.3, -0.25) is 9.69 Å². The van der Waals surface area contributed by atoms with Crippen molar-refractivity contribution in [3.8, 4) is 0 Å². The van der Waals surface area contributed by atoms with Gasteiger partial charge in [0.25, 0.3) is 0 Å². The molecule has 0 radical (unpaired) electrons. The zero-order valence-corrected chi connectivity index (χ0v) is 19.0. The number of para-hydroxylation sites is 1. The maximum atomic E-state index is 13.5. The van der Waals surface area contributed by atoms with E-state index < -0.39 is 35.3 Å². The molecule has 0 fully saturated rings. The molecule has 0 spiro atoms. The maximum absolute atomic E-state index is 13.5. The first-order chi connectivity index (χ1) is 15.0. The van der Waals surface area contributed by atoms with Crippen molar-refractivity contribution in [2.75, 3.05) is 11.9 Å². The van der Waals surface area contributed by atoms with Crippen molar-refractivity contribution < 1.29 is 24.6 Å². The maximum Gasteiger partial charge on any atom is 0.333 e. The van der Waals surface area contributed by atoms with Gasteiger partial charge in [-0.2, -0.15) is 0 Å². The van der Waals surface area contributed by atoms with Crippen molar-refractivity contribution in [3.63, 3.8) is 0 Å². The van der Waals surface area contributed by atoms with E-state index in [0.29, 0.717) is 5.69 Å². The SMILES string of the molecule is CC(C[C@@H](C(=O)N(CC(C)(C)C)C(=O)Nc1ccccc1)[C@H](O)C(=O)O)c1ccccc1. The fourth-order valence-electron chi connectivity index (χ4n) is 3.47. The van der Waals surface area contributed by atoms with Crippen molar-refractivity contribution >= 4 is 23.6 Å². The van der Waals surface area contributed by atoms with Gasteiger partial charge >= 0.3 is 12.0 Å². The van der Waals surface area contributed by atoms with Gasteiger partial charge in [-0.25, -0.2) is 9.59 Å². The van der Waals surface area contributed by atoms with Crippen LogP contribution in [0.15, 0.2) is 60.7 Å². The van der Waals surface area contributed by atoms with Crippen LogP contribution in [0.2, 0.25) is 0 Å². The lowest BCUT2D eigenvalue weighted by molar-refractivity contribution is -0.156. The zero-order chi connectivity index (χ0) is 23.9. The highest BCUT2D eigenvalue weighted by Gasteiger charge is 2.39. The number of benzene rings is 2. The highest BCUT2D eigenvalue weighted by atomic mass is 16.4. The van der Waals surface area contributed by atoms with E-state index in [1.165, 1.54) is 0 Å². The van der Waals surface area contributed by atoms with Crippen LogP contribution in [-0.2, 0) is 9.59 Å². The largest absolute Gasteiger partial charge is 0.479 e. The minimum absolute atomic E-state index is 0.0626. The molecule has 3 N–H and O–H groups in total. The number of urea groups is 1. The number of hydrogen-bond acceptors (Lipinski definition) is 4. The van der Waals surface area contributed by atoms with E-state index in [1.807, 2.05) is 58.0 Å². The molecule has 0 saturated heterocycles. The number of carboxylic acids is 1. The molecule has 7 nitrogen and oxygen atoms in total. The molecule has 32 heavy (non-hydrogen) atoms. The number of nitrogens with one attached hydrogen (secondary N) is 1. The second-order valence-electron chi connectivity index (χ2n) is 9.22. The van der Waals surface area contributed by atoms with Gasteiger partial charge < -0.3 is 15.5 Å². The Balaban J connectivity index is 2.34. The standard InChI is InChI=1S/C25H32N2O5/c1-17(18-11-7-5-8-12-18)15-20(21(28)23(30)31)22(29)27(16-25(2,3)4)24(32)26-19-13-9-6-10-14-19/h5-14,17,20-21,28H,15-16H2,1-4H3,(H,26,32)(H,30,31)/t17?,20-,21+/m1/s1. The molecule has 2 rings (SSSR count). The van der Waals surface area contributed by atoms with Gasteiger partial charge in [0, 0.05) is 12.2 Å². The second-order valence-corrected chi connectivity index (χ2v) is 9.22. The Morgan fingerprint density at radius 2 is 1.50 bits per heavy atom. The van der Waals surface area contributed by atoms with Crippen molar-refractivity contribution in [2.45, 2.75) is 46.1 Å². The first-order valence-corrected chi connectivity index (χ1v) is 10.6. The molecule has 7 heteroatoms. The van der Waals surface area contributed by atoms with Crippen LogP contribution in [-0.4, -0.2) is 45.7 Å². The number of amides is 3. The van der Waals surface area contributed by atoms with Gasteiger partial charge in [-0.05, 0) is 35.4 Å². The van der Waals surface area contributed by atoms with Gasteiger partial charge in [0.05, 0.1) is 5.92 Å². The van der Waals surface area contributed by atoms with Gasteiger partial charge in [0.15, 0.2) is 6.10 Å². The van der Waals surface area contributed by atoms with Crippen LogP contribution in [0.25, 0.3) is 0 Å². The van der Waals surface area contributed by atoms with Crippen molar-refractivity contribution in [3.05, 3.63) is 66.2 Å². The summed E-state index contributed by atoms with van der Waals surface area (Å²) >= 11 is 0. The van der Waals surface area contributed by atoms with E-state index >= 15 is 0 Å². The normalized spacial score (nSPS) is 14.2. The zero-order valence-electron chi connectivity index (χ0n) is 19.0. The summed E-state index contributed by atoms with van der Waals surface area (Å²) in [7, 11) is 0. The molecule has 1 unspecified atom stereocenters. The number of carbonyl (C=O) groups excluding carboxylic acids is 2. The molecule has 0 aliphatic rings. The smallest absolute Gasteiger partial charge is 0.333 e. The van der Waals surface area contributed by atoms with Gasteiger partial charge in [-0.1, -0.05) is 76.2 Å². The minimum Gasteiger partial charge on any atom is -0.479 e. The molecule has 2 aromatic carbocycles. The number of nitrogens with zero attached hydrogens (tertiary/aromatic N) is 1. The van der Waals surface area contributed by atoms with Crippen molar-refractivity contribution in [1.82, 2.24) is 4.90 Å². The molecule has 3 atom stereocenters. The summed E-state index contributed by atoms with van der Waals surface area (Å²) in [6.07, 6.45) is -1.85. The third-order valence-corrected chi connectivity index (χ3v) is 5.10. The van der Waals surface area contributed by atoms with Crippen molar-refractivity contribution in [2.24, 2.45) is 11.3 Å². The summed E-state index contributed by atoms with van der Waals surface area (Å²) < 4.78 is 0. The highest BCUT2D eigenvalue weighted by Crippen LogP contribution is 2.28. The topological polar surface area (TPSA) is 107 Å². The minimum atomic E-state index is -1.93. The summed E-state index contributed by atoms with van der Waals surface area (Å²) in [5, 5.41) is 22.5. The van der Waals surface area contributed by atoms with Crippen LogP contribution in [0.5, 0.6) is 0 Å². The van der Waals surface area contributed by atoms with Gasteiger partial charge in [0.1, 0.15) is 0 Å². The van der Waals surface area contributed by atoms with Crippen LogP contribution in [0.3, 0.4) is 0 Å². The van der Waals surface area contributed by atoms with Crippen molar-refractivity contribution in [1.29, 1.82) is 0 Å². The lowest BCUT2D eigenvalue weighted by atomic mass is 9.85. The number of carboxylic acid groups (broad SMARTS) is 1. The number of anilines is 1. The Morgan fingerprint density at radius 3 is 2.00 bits per heavy atom. The van der Waals surface area contributed by atoms with Gasteiger partial charge in [0.2, 0.25) is 5.91 Å². The number of hydrogen-bond donors (Lipinski definition) is 3. The molecular formula is C25H32N2O5. The number of carbonyl (C=O) groups is 3. The number of aliphatic hydroxyl groups excluding tert-OH is 1. The molecule has 3 amide bonds. The molecule has 0 aliphatic carbocycles. The van der Waals surface area contributed by atoms with Crippen LogP contribution in [0.4, 0.5) is 10.5 Å². The first-order valence-electron chi connectivity index (χ1n) is 10.6. The summed E-state index contributed by atoms with van der Waals surface area (Å²) in [6, 6.07) is 17.4. The average molecular weight is 441 g/mol. The second kappa shape index (κ2) is 10.9. The predicted octanol–water partition coefficient (Wildman–Crippen LogP) is 4.35. The summed E-state index contributed by atoms with van der Waals surface area (Å²) in [4.78, 5) is 39.2. The van der Waals surface area contributed by atoms with Crippen LogP contribution in [0, 0.1) is 11.3 Å². The Bertz CT molecular complexity index is 909. The Labute approximate surface area is 189 Å². The summed E-state index contributed by atoms with van der Waals surface area (Å²) in [5.74, 6) is -3.70. The van der Waals surface area contributed by atoms with Gasteiger partial charge in [-0.15, -0.1) is 0 Å². The van der Waals surface area contributed by atoms with E-state index in [1.54, 1.807) is 30.3 Å². The fraction of sp³-hybridized carbons (Fsp3) is 0.400. The molecule has 0 bridgehead atoms. The number of rotatable bonds is 8. The van der Waals surface area contributed by atoms with Crippen LogP contribution >= 0.6 is 0 Å².